The number of aryl methyl sites for hydroxylation is 1. The van der Waals surface area contributed by atoms with Gasteiger partial charge in [0.05, 0.1) is 11.1 Å². The zero-order chi connectivity index (χ0) is 19.7. The smallest absolute Gasteiger partial charge is 0.308 e. The van der Waals surface area contributed by atoms with E-state index >= 15 is 0 Å². The molecule has 7 heteroatoms. The van der Waals surface area contributed by atoms with E-state index in [0.29, 0.717) is 34.1 Å². The van der Waals surface area contributed by atoms with Gasteiger partial charge in [0.2, 0.25) is 0 Å². The number of amides is 4. The third kappa shape index (κ3) is 3.95. The molecule has 2 N–H and O–H groups in total. The molecular weight excluding hydrogens is 366 g/mol. The molecule has 0 saturated carbocycles. The Kier molecular flexibility index (Phi) is 5.19. The standard InChI is InChI=1S/C20H20ClN3O3/c1-11(2)10-24-18(25)15-6-5-14(9-16(15)19(24)26)22-20(27)23-17-7-4-13(21)8-12(17)3/h4-9,11H,10H2,1-3H3,(H2,22,23,27). The molecule has 140 valence electrons. The van der Waals surface area contributed by atoms with Gasteiger partial charge in [0, 0.05) is 22.9 Å². The Bertz CT molecular complexity index is 940. The zero-order valence-corrected chi connectivity index (χ0v) is 16.1. The lowest BCUT2D eigenvalue weighted by Crippen LogP contribution is -2.33. The van der Waals surface area contributed by atoms with Crippen LogP contribution in [0.25, 0.3) is 0 Å². The number of imide groups is 1. The number of carbonyl (C=O) groups excluding carboxylic acids is 3. The third-order valence-corrected chi connectivity index (χ3v) is 4.45. The molecule has 6 nitrogen and oxygen atoms in total. The zero-order valence-electron chi connectivity index (χ0n) is 15.3. The Labute approximate surface area is 162 Å². The number of urea groups is 1. The summed E-state index contributed by atoms with van der Waals surface area (Å²) in [6.45, 7) is 6.09. The normalized spacial score (nSPS) is 13.1. The Morgan fingerprint density at radius 2 is 1.74 bits per heavy atom. The number of hydrogen-bond acceptors (Lipinski definition) is 3. The monoisotopic (exact) mass is 385 g/mol. The quantitative estimate of drug-likeness (QED) is 0.758. The van der Waals surface area contributed by atoms with Gasteiger partial charge in [0.25, 0.3) is 11.8 Å². The Morgan fingerprint density at radius 3 is 2.41 bits per heavy atom. The molecule has 0 unspecified atom stereocenters. The molecule has 1 aliphatic rings. The summed E-state index contributed by atoms with van der Waals surface area (Å²) in [6.07, 6.45) is 0. The van der Waals surface area contributed by atoms with Crippen LogP contribution in [-0.4, -0.2) is 29.3 Å². The van der Waals surface area contributed by atoms with Gasteiger partial charge in [-0.2, -0.15) is 0 Å². The number of fused-ring (bicyclic) bond motifs is 1. The van der Waals surface area contributed by atoms with Crippen LogP contribution in [0.3, 0.4) is 0 Å². The number of anilines is 2. The molecule has 0 bridgehead atoms. The predicted octanol–water partition coefficient (Wildman–Crippen LogP) is 4.54. The SMILES string of the molecule is Cc1cc(Cl)ccc1NC(=O)Nc1ccc2c(c1)C(=O)N(CC(C)C)C2=O. The molecule has 0 saturated heterocycles. The van der Waals surface area contributed by atoms with Gasteiger partial charge in [-0.25, -0.2) is 4.79 Å². The van der Waals surface area contributed by atoms with Gasteiger partial charge in [-0.15, -0.1) is 0 Å². The van der Waals surface area contributed by atoms with Crippen LogP contribution >= 0.6 is 11.6 Å². The second kappa shape index (κ2) is 7.40. The van der Waals surface area contributed by atoms with Crippen LogP contribution in [0.5, 0.6) is 0 Å². The van der Waals surface area contributed by atoms with Crippen LogP contribution in [0, 0.1) is 12.8 Å². The fourth-order valence-electron chi connectivity index (χ4n) is 2.95. The second-order valence-electron chi connectivity index (χ2n) is 6.91. The molecule has 27 heavy (non-hydrogen) atoms. The van der Waals surface area contributed by atoms with E-state index in [0.717, 1.165) is 5.56 Å². The van der Waals surface area contributed by atoms with Gasteiger partial charge in [0.15, 0.2) is 0 Å². The van der Waals surface area contributed by atoms with Crippen molar-refractivity contribution in [2.24, 2.45) is 5.92 Å². The summed E-state index contributed by atoms with van der Waals surface area (Å²) < 4.78 is 0. The maximum absolute atomic E-state index is 12.5. The molecule has 0 aliphatic carbocycles. The summed E-state index contributed by atoms with van der Waals surface area (Å²) in [4.78, 5) is 38.4. The van der Waals surface area contributed by atoms with Crippen LogP contribution < -0.4 is 10.6 Å². The number of nitrogens with one attached hydrogen (secondary N) is 2. The Morgan fingerprint density at radius 1 is 1.04 bits per heavy atom. The fourth-order valence-corrected chi connectivity index (χ4v) is 3.18. The molecular formula is C20H20ClN3O3. The molecule has 0 atom stereocenters. The van der Waals surface area contributed by atoms with Crippen molar-refractivity contribution in [1.29, 1.82) is 0 Å². The predicted molar refractivity (Wildman–Crippen MR) is 105 cm³/mol. The van der Waals surface area contributed by atoms with Gasteiger partial charge < -0.3 is 10.6 Å². The number of hydrogen-bond donors (Lipinski definition) is 2. The summed E-state index contributed by atoms with van der Waals surface area (Å²) in [5, 5.41) is 6.01. The van der Waals surface area contributed by atoms with Crippen molar-refractivity contribution in [3.8, 4) is 0 Å². The van der Waals surface area contributed by atoms with E-state index in [4.69, 9.17) is 11.6 Å². The molecule has 1 aliphatic heterocycles. The molecule has 1 heterocycles. The summed E-state index contributed by atoms with van der Waals surface area (Å²) >= 11 is 5.91. The average Bonchev–Trinajstić information content (AvgIpc) is 2.82. The van der Waals surface area contributed by atoms with Crippen LogP contribution in [-0.2, 0) is 0 Å². The summed E-state index contributed by atoms with van der Waals surface area (Å²) in [5.74, 6) is -0.448. The van der Waals surface area contributed by atoms with E-state index in [9.17, 15) is 14.4 Å². The maximum atomic E-state index is 12.5. The van der Waals surface area contributed by atoms with Crippen molar-refractivity contribution >= 4 is 40.8 Å². The number of benzene rings is 2. The van der Waals surface area contributed by atoms with Crippen LogP contribution in [0.15, 0.2) is 36.4 Å². The summed E-state index contributed by atoms with van der Waals surface area (Å²) in [5.41, 5.74) is 2.57. The highest BCUT2D eigenvalue weighted by Gasteiger charge is 2.35. The molecule has 0 aromatic heterocycles. The number of nitrogens with zero attached hydrogens (tertiary/aromatic N) is 1. The van der Waals surface area contributed by atoms with Gasteiger partial charge in [-0.05, 0) is 54.8 Å². The first-order chi connectivity index (χ1) is 12.8. The van der Waals surface area contributed by atoms with E-state index in [-0.39, 0.29) is 17.7 Å². The van der Waals surface area contributed by atoms with Crippen LogP contribution in [0.1, 0.15) is 40.1 Å². The minimum Gasteiger partial charge on any atom is -0.308 e. The van der Waals surface area contributed by atoms with E-state index in [1.165, 1.54) is 11.0 Å². The topological polar surface area (TPSA) is 78.5 Å². The Balaban J connectivity index is 1.75. The highest BCUT2D eigenvalue weighted by molar-refractivity contribution is 6.30. The van der Waals surface area contributed by atoms with Crippen molar-refractivity contribution in [1.82, 2.24) is 4.90 Å². The third-order valence-electron chi connectivity index (χ3n) is 4.21. The minimum absolute atomic E-state index is 0.179. The van der Waals surface area contributed by atoms with Crippen molar-refractivity contribution < 1.29 is 14.4 Å². The van der Waals surface area contributed by atoms with Gasteiger partial charge in [-0.3, -0.25) is 14.5 Å². The molecule has 4 amide bonds. The lowest BCUT2D eigenvalue weighted by atomic mass is 10.1. The summed E-state index contributed by atoms with van der Waals surface area (Å²) in [7, 11) is 0. The lowest BCUT2D eigenvalue weighted by molar-refractivity contribution is 0.0636. The second-order valence-corrected chi connectivity index (χ2v) is 7.35. The summed E-state index contributed by atoms with van der Waals surface area (Å²) in [6, 6.07) is 9.41. The van der Waals surface area contributed by atoms with Gasteiger partial charge >= 0.3 is 6.03 Å². The molecule has 2 aromatic rings. The van der Waals surface area contributed by atoms with Crippen molar-refractivity contribution in [3.63, 3.8) is 0 Å². The molecule has 0 fully saturated rings. The first kappa shape index (κ1) is 18.9. The van der Waals surface area contributed by atoms with Crippen molar-refractivity contribution in [2.45, 2.75) is 20.8 Å². The first-order valence-electron chi connectivity index (χ1n) is 8.60. The average molecular weight is 386 g/mol. The minimum atomic E-state index is -0.448. The molecule has 0 radical (unpaired) electrons. The van der Waals surface area contributed by atoms with Gasteiger partial charge in [-0.1, -0.05) is 25.4 Å². The van der Waals surface area contributed by atoms with E-state index in [1.54, 1.807) is 30.3 Å². The molecule has 2 aromatic carbocycles. The molecule has 0 spiro atoms. The van der Waals surface area contributed by atoms with E-state index in [2.05, 4.69) is 10.6 Å². The highest BCUT2D eigenvalue weighted by Crippen LogP contribution is 2.27. The molecule has 3 rings (SSSR count). The number of halogens is 1. The number of rotatable bonds is 4. The highest BCUT2D eigenvalue weighted by atomic mass is 35.5. The number of carbonyl (C=O) groups is 3. The van der Waals surface area contributed by atoms with Crippen LogP contribution in [0.4, 0.5) is 16.2 Å². The van der Waals surface area contributed by atoms with E-state index in [1.807, 2.05) is 20.8 Å². The van der Waals surface area contributed by atoms with Gasteiger partial charge in [0.1, 0.15) is 0 Å². The van der Waals surface area contributed by atoms with E-state index < -0.39 is 6.03 Å². The first-order valence-corrected chi connectivity index (χ1v) is 8.98. The Hall–Kier alpha value is -2.86. The maximum Gasteiger partial charge on any atom is 0.323 e. The van der Waals surface area contributed by atoms with Crippen molar-refractivity contribution in [3.05, 3.63) is 58.1 Å². The van der Waals surface area contributed by atoms with Crippen LogP contribution in [0.2, 0.25) is 5.02 Å². The fraction of sp³-hybridized carbons (Fsp3) is 0.250. The van der Waals surface area contributed by atoms with Crippen molar-refractivity contribution in [2.75, 3.05) is 17.2 Å². The largest absolute Gasteiger partial charge is 0.323 e. The lowest BCUT2D eigenvalue weighted by Gasteiger charge is -2.15.